The van der Waals surface area contributed by atoms with Crippen LogP contribution in [0.15, 0.2) is 18.3 Å². The summed E-state index contributed by atoms with van der Waals surface area (Å²) in [5, 5.41) is 0. The Kier molecular flexibility index (Phi) is 4.63. The minimum absolute atomic E-state index is 0.0255. The Morgan fingerprint density at radius 2 is 2.12 bits per heavy atom. The largest absolute Gasteiger partial charge is 0.494 e. The molecule has 4 nitrogen and oxygen atoms in total. The van der Waals surface area contributed by atoms with Gasteiger partial charge in [-0.3, -0.25) is 4.79 Å². The molecular weight excluding hydrogens is 216 g/mol. The van der Waals surface area contributed by atoms with Crippen LogP contribution in [-0.4, -0.2) is 24.4 Å². The smallest absolute Gasteiger partial charge is 0.192 e. The first-order valence-electron chi connectivity index (χ1n) is 5.89. The molecular formula is C13H20N2O2. The van der Waals surface area contributed by atoms with Crippen LogP contribution in [0.3, 0.4) is 0 Å². The van der Waals surface area contributed by atoms with Gasteiger partial charge in [0.05, 0.1) is 7.11 Å². The quantitative estimate of drug-likeness (QED) is 0.768. The van der Waals surface area contributed by atoms with Gasteiger partial charge in [0.1, 0.15) is 11.4 Å². The number of rotatable bonds is 6. The Morgan fingerprint density at radius 3 is 2.59 bits per heavy atom. The number of ketones is 1. The summed E-state index contributed by atoms with van der Waals surface area (Å²) in [5.74, 6) is 0.486. The number of hydrogen-bond donors (Lipinski definition) is 1. The highest BCUT2D eigenvalue weighted by Gasteiger charge is 2.36. The Bertz CT molecular complexity index is 378. The molecule has 0 bridgehead atoms. The Morgan fingerprint density at radius 1 is 1.47 bits per heavy atom. The lowest BCUT2D eigenvalue weighted by Crippen LogP contribution is -2.38. The molecule has 0 aliphatic carbocycles. The lowest BCUT2D eigenvalue weighted by Gasteiger charge is -2.28. The molecule has 1 heterocycles. The molecule has 1 aromatic heterocycles. The molecule has 0 fully saturated rings. The first kappa shape index (κ1) is 13.6. The second-order valence-corrected chi connectivity index (χ2v) is 4.07. The van der Waals surface area contributed by atoms with Crippen molar-refractivity contribution in [1.29, 1.82) is 0 Å². The van der Waals surface area contributed by atoms with E-state index in [0.717, 1.165) is 0 Å². The maximum Gasteiger partial charge on any atom is 0.192 e. The molecule has 0 atom stereocenters. The molecule has 94 valence electrons. The summed E-state index contributed by atoms with van der Waals surface area (Å²) in [6.45, 7) is 4.28. The number of Topliss-reactive ketones (excluding diaryl/α,β-unsaturated/α-hetero) is 1. The number of carbonyl (C=O) groups is 1. The zero-order chi connectivity index (χ0) is 12.9. The zero-order valence-electron chi connectivity index (χ0n) is 10.7. The average molecular weight is 236 g/mol. The molecule has 0 radical (unpaired) electrons. The Labute approximate surface area is 102 Å². The molecule has 0 amide bonds. The first-order valence-corrected chi connectivity index (χ1v) is 5.89. The number of carbonyl (C=O) groups excluding carboxylic acids is 1. The van der Waals surface area contributed by atoms with Gasteiger partial charge in [-0.25, -0.2) is 4.98 Å². The minimum atomic E-state index is -0.526. The van der Waals surface area contributed by atoms with Crippen molar-refractivity contribution in [3.05, 3.63) is 24.0 Å². The topological polar surface area (TPSA) is 65.2 Å². The number of ether oxygens (including phenoxy) is 1. The third-order valence-electron chi connectivity index (χ3n) is 3.43. The molecule has 17 heavy (non-hydrogen) atoms. The first-order chi connectivity index (χ1) is 8.15. The highest BCUT2D eigenvalue weighted by molar-refractivity contribution is 6.01. The van der Waals surface area contributed by atoms with Gasteiger partial charge in [-0.15, -0.1) is 0 Å². The van der Waals surface area contributed by atoms with Crippen LogP contribution >= 0.6 is 0 Å². The lowest BCUT2D eigenvalue weighted by molar-refractivity contribution is 0.0778. The Balaban J connectivity index is 3.18. The van der Waals surface area contributed by atoms with E-state index in [1.165, 1.54) is 7.11 Å². The van der Waals surface area contributed by atoms with Crippen LogP contribution in [0.2, 0.25) is 0 Å². The maximum atomic E-state index is 12.5. The standard InChI is InChI=1S/C13H20N2O2/c1-4-13(5-2,9-14)12(16)11-10(17-3)7-6-8-15-11/h6-8H,4-5,9,14H2,1-3H3. The van der Waals surface area contributed by atoms with Crippen LogP contribution in [0.1, 0.15) is 37.2 Å². The number of hydrogen-bond acceptors (Lipinski definition) is 4. The van der Waals surface area contributed by atoms with Gasteiger partial charge in [-0.2, -0.15) is 0 Å². The van der Waals surface area contributed by atoms with E-state index >= 15 is 0 Å². The molecule has 1 rings (SSSR count). The predicted molar refractivity (Wildman–Crippen MR) is 67.2 cm³/mol. The summed E-state index contributed by atoms with van der Waals surface area (Å²) < 4.78 is 5.17. The maximum absolute atomic E-state index is 12.5. The van der Waals surface area contributed by atoms with Crippen LogP contribution in [0.25, 0.3) is 0 Å². The van der Waals surface area contributed by atoms with Gasteiger partial charge >= 0.3 is 0 Å². The number of aromatic nitrogens is 1. The van der Waals surface area contributed by atoms with E-state index in [1.807, 2.05) is 13.8 Å². The van der Waals surface area contributed by atoms with E-state index < -0.39 is 5.41 Å². The number of methoxy groups -OCH3 is 1. The van der Waals surface area contributed by atoms with E-state index in [0.29, 0.717) is 30.8 Å². The summed E-state index contributed by atoms with van der Waals surface area (Å²) in [7, 11) is 1.54. The fraction of sp³-hybridized carbons (Fsp3) is 0.538. The summed E-state index contributed by atoms with van der Waals surface area (Å²) in [6, 6.07) is 3.49. The SMILES string of the molecule is CCC(CC)(CN)C(=O)c1ncccc1OC. The molecule has 0 saturated carbocycles. The van der Waals surface area contributed by atoms with Crippen molar-refractivity contribution in [3.63, 3.8) is 0 Å². The molecule has 1 aromatic rings. The van der Waals surface area contributed by atoms with Crippen LogP contribution in [-0.2, 0) is 0 Å². The summed E-state index contributed by atoms with van der Waals surface area (Å²) >= 11 is 0. The van der Waals surface area contributed by atoms with Gasteiger partial charge in [-0.1, -0.05) is 13.8 Å². The van der Waals surface area contributed by atoms with Gasteiger partial charge in [-0.05, 0) is 25.0 Å². The van der Waals surface area contributed by atoms with E-state index in [9.17, 15) is 4.79 Å². The number of pyridine rings is 1. The fourth-order valence-electron chi connectivity index (χ4n) is 1.93. The highest BCUT2D eigenvalue weighted by atomic mass is 16.5. The van der Waals surface area contributed by atoms with E-state index in [4.69, 9.17) is 10.5 Å². The molecule has 0 aromatic carbocycles. The van der Waals surface area contributed by atoms with Crippen LogP contribution in [0, 0.1) is 5.41 Å². The molecule has 0 spiro atoms. The van der Waals surface area contributed by atoms with Crippen molar-refractivity contribution < 1.29 is 9.53 Å². The van der Waals surface area contributed by atoms with Crippen LogP contribution in [0.4, 0.5) is 0 Å². The monoisotopic (exact) mass is 236 g/mol. The summed E-state index contributed by atoms with van der Waals surface area (Å²) in [6.07, 6.45) is 3.01. The van der Waals surface area contributed by atoms with Gasteiger partial charge in [0, 0.05) is 18.2 Å². The van der Waals surface area contributed by atoms with Crippen molar-refractivity contribution in [3.8, 4) is 5.75 Å². The minimum Gasteiger partial charge on any atom is -0.494 e. The highest BCUT2D eigenvalue weighted by Crippen LogP contribution is 2.31. The molecule has 2 N–H and O–H groups in total. The third-order valence-corrected chi connectivity index (χ3v) is 3.43. The average Bonchev–Trinajstić information content (AvgIpc) is 2.41. The van der Waals surface area contributed by atoms with Crippen LogP contribution < -0.4 is 10.5 Å². The number of nitrogens with two attached hydrogens (primary N) is 1. The van der Waals surface area contributed by atoms with E-state index in [-0.39, 0.29) is 5.78 Å². The van der Waals surface area contributed by atoms with Gasteiger partial charge in [0.25, 0.3) is 0 Å². The van der Waals surface area contributed by atoms with Crippen molar-refractivity contribution in [2.24, 2.45) is 11.1 Å². The Hall–Kier alpha value is -1.42. The predicted octanol–water partition coefficient (Wildman–Crippen LogP) is 2.04. The summed E-state index contributed by atoms with van der Waals surface area (Å²) in [5.41, 5.74) is 5.62. The van der Waals surface area contributed by atoms with Crippen LogP contribution in [0.5, 0.6) is 5.75 Å². The van der Waals surface area contributed by atoms with E-state index in [2.05, 4.69) is 4.98 Å². The normalized spacial score (nSPS) is 11.3. The molecule has 0 aliphatic heterocycles. The second-order valence-electron chi connectivity index (χ2n) is 4.07. The second kappa shape index (κ2) is 5.77. The zero-order valence-corrected chi connectivity index (χ0v) is 10.7. The van der Waals surface area contributed by atoms with Gasteiger partial charge < -0.3 is 10.5 Å². The molecule has 0 unspecified atom stereocenters. The molecule has 4 heteroatoms. The van der Waals surface area contributed by atoms with Crippen molar-refractivity contribution in [2.75, 3.05) is 13.7 Å². The van der Waals surface area contributed by atoms with Crippen molar-refractivity contribution in [2.45, 2.75) is 26.7 Å². The number of nitrogens with zero attached hydrogens (tertiary/aromatic N) is 1. The van der Waals surface area contributed by atoms with Gasteiger partial charge in [0.15, 0.2) is 5.78 Å². The van der Waals surface area contributed by atoms with Crippen molar-refractivity contribution in [1.82, 2.24) is 4.98 Å². The third kappa shape index (κ3) is 2.47. The summed E-state index contributed by atoms with van der Waals surface area (Å²) in [4.78, 5) is 16.6. The lowest BCUT2D eigenvalue weighted by atomic mass is 9.77. The molecule has 0 saturated heterocycles. The fourth-order valence-corrected chi connectivity index (χ4v) is 1.93. The van der Waals surface area contributed by atoms with Crippen molar-refractivity contribution >= 4 is 5.78 Å². The van der Waals surface area contributed by atoms with E-state index in [1.54, 1.807) is 18.3 Å². The molecule has 0 aliphatic rings. The van der Waals surface area contributed by atoms with Gasteiger partial charge in [0.2, 0.25) is 0 Å².